The molecule has 0 aromatic heterocycles. The molecule has 0 aliphatic heterocycles. The van der Waals surface area contributed by atoms with E-state index in [-0.39, 0.29) is 11.6 Å². The van der Waals surface area contributed by atoms with Crippen LogP contribution in [0.25, 0.3) is 0 Å². The van der Waals surface area contributed by atoms with Gasteiger partial charge in [-0.25, -0.2) is 4.79 Å². The van der Waals surface area contributed by atoms with E-state index in [4.69, 9.17) is 4.74 Å². The van der Waals surface area contributed by atoms with Crippen LogP contribution < -0.4 is 5.32 Å². The minimum atomic E-state index is -0.438. The van der Waals surface area contributed by atoms with Gasteiger partial charge in [0.05, 0.1) is 0 Å². The Balaban J connectivity index is 4.02. The smallest absolute Gasteiger partial charge is 0.407 e. The Morgan fingerprint density at radius 2 is 1.67 bits per heavy atom. The van der Waals surface area contributed by atoms with Crippen molar-refractivity contribution < 1.29 is 9.53 Å². The number of amides is 1. The number of carbonyl (C=O) groups excluding carboxylic acids is 1. The third-order valence-corrected chi connectivity index (χ3v) is 2.27. The quantitative estimate of drug-likeness (QED) is 0.783. The molecule has 4 nitrogen and oxygen atoms in total. The average molecular weight is 216 g/mol. The molecular weight excluding hydrogens is 192 g/mol. The molecule has 0 aliphatic rings. The Labute approximate surface area is 93.0 Å². The van der Waals surface area contributed by atoms with Crippen LogP contribution in [0.3, 0.4) is 0 Å². The Morgan fingerprint density at radius 1 is 1.20 bits per heavy atom. The highest BCUT2D eigenvalue weighted by Crippen LogP contribution is 2.09. The molecule has 0 unspecified atom stereocenters. The third kappa shape index (κ3) is 6.33. The van der Waals surface area contributed by atoms with E-state index in [2.05, 4.69) is 24.1 Å². The summed E-state index contributed by atoms with van der Waals surface area (Å²) in [5, 5.41) is 2.76. The molecule has 0 heterocycles. The van der Waals surface area contributed by atoms with Crippen molar-refractivity contribution in [1.29, 1.82) is 0 Å². The molecule has 0 rings (SSSR count). The molecule has 0 atom stereocenters. The lowest BCUT2D eigenvalue weighted by molar-refractivity contribution is 0.0493. The number of likely N-dealkylation sites (N-methyl/N-ethyl adjacent to an activating group) is 1. The zero-order valence-electron chi connectivity index (χ0n) is 11.0. The summed E-state index contributed by atoms with van der Waals surface area (Å²) < 4.78 is 5.14. The van der Waals surface area contributed by atoms with E-state index in [1.165, 1.54) is 0 Å². The van der Waals surface area contributed by atoms with E-state index in [1.54, 1.807) is 0 Å². The zero-order chi connectivity index (χ0) is 12.3. The first-order chi connectivity index (χ1) is 6.54. The standard InChI is InChI=1S/C11H24N2O2/c1-10(2,3)15-9(14)12-8-11(4,5)13(6)7/h8H2,1-7H3,(H,12,14). The maximum atomic E-state index is 11.4. The van der Waals surface area contributed by atoms with Gasteiger partial charge >= 0.3 is 6.09 Å². The average Bonchev–Trinajstić information content (AvgIpc) is 1.97. The van der Waals surface area contributed by atoms with Crippen molar-refractivity contribution in [2.45, 2.75) is 45.8 Å². The number of carbonyl (C=O) groups is 1. The Hall–Kier alpha value is -0.770. The molecule has 0 spiro atoms. The van der Waals surface area contributed by atoms with Crippen LogP contribution in [-0.4, -0.2) is 42.8 Å². The van der Waals surface area contributed by atoms with Crippen molar-refractivity contribution >= 4 is 6.09 Å². The minimum absolute atomic E-state index is 0.0725. The van der Waals surface area contributed by atoms with E-state index >= 15 is 0 Å². The second-order valence-electron chi connectivity index (χ2n) is 5.56. The van der Waals surface area contributed by atoms with E-state index < -0.39 is 5.60 Å². The number of hydrogen-bond acceptors (Lipinski definition) is 3. The molecule has 0 aromatic carbocycles. The first-order valence-corrected chi connectivity index (χ1v) is 5.19. The molecular formula is C11H24N2O2. The minimum Gasteiger partial charge on any atom is -0.444 e. The molecule has 0 radical (unpaired) electrons. The van der Waals surface area contributed by atoms with Crippen LogP contribution in [0.5, 0.6) is 0 Å². The van der Waals surface area contributed by atoms with Crippen LogP contribution in [0.1, 0.15) is 34.6 Å². The van der Waals surface area contributed by atoms with Gasteiger partial charge in [0.2, 0.25) is 0 Å². The monoisotopic (exact) mass is 216 g/mol. The van der Waals surface area contributed by atoms with E-state index in [9.17, 15) is 4.79 Å². The summed E-state index contributed by atoms with van der Waals surface area (Å²) in [6.07, 6.45) is -0.363. The summed E-state index contributed by atoms with van der Waals surface area (Å²) in [6, 6.07) is 0. The lowest BCUT2D eigenvalue weighted by Gasteiger charge is -2.32. The van der Waals surface area contributed by atoms with E-state index in [1.807, 2.05) is 34.9 Å². The number of hydrogen-bond donors (Lipinski definition) is 1. The molecule has 4 heteroatoms. The third-order valence-electron chi connectivity index (χ3n) is 2.27. The highest BCUT2D eigenvalue weighted by molar-refractivity contribution is 5.67. The predicted octanol–water partition coefficient (Wildman–Crippen LogP) is 1.85. The summed E-state index contributed by atoms with van der Waals surface area (Å²) >= 11 is 0. The van der Waals surface area contributed by atoms with Gasteiger partial charge in [-0.05, 0) is 48.7 Å². The highest BCUT2D eigenvalue weighted by atomic mass is 16.6. The summed E-state index contributed by atoms with van der Waals surface area (Å²) in [7, 11) is 3.97. The van der Waals surface area contributed by atoms with E-state index in [0.29, 0.717) is 6.54 Å². The summed E-state index contributed by atoms with van der Waals surface area (Å²) in [5.74, 6) is 0. The lowest BCUT2D eigenvalue weighted by Crippen LogP contribution is -2.49. The molecule has 1 amide bonds. The van der Waals surface area contributed by atoms with Crippen molar-refractivity contribution in [2.75, 3.05) is 20.6 Å². The maximum Gasteiger partial charge on any atom is 0.407 e. The SMILES string of the molecule is CN(C)C(C)(C)CNC(=O)OC(C)(C)C. The summed E-state index contributed by atoms with van der Waals surface area (Å²) in [4.78, 5) is 13.4. The number of nitrogens with one attached hydrogen (secondary N) is 1. The van der Waals surface area contributed by atoms with Crippen molar-refractivity contribution in [3.8, 4) is 0 Å². The van der Waals surface area contributed by atoms with Gasteiger partial charge in [0.1, 0.15) is 5.60 Å². The highest BCUT2D eigenvalue weighted by Gasteiger charge is 2.23. The van der Waals surface area contributed by atoms with Crippen molar-refractivity contribution in [1.82, 2.24) is 10.2 Å². The Morgan fingerprint density at radius 3 is 2.00 bits per heavy atom. The first-order valence-electron chi connectivity index (χ1n) is 5.19. The Bertz CT molecular complexity index is 217. The lowest BCUT2D eigenvalue weighted by atomic mass is 10.1. The zero-order valence-corrected chi connectivity index (χ0v) is 11.0. The first kappa shape index (κ1) is 14.2. The van der Waals surface area contributed by atoms with Crippen LogP contribution in [0.15, 0.2) is 0 Å². The molecule has 1 N–H and O–H groups in total. The van der Waals surface area contributed by atoms with Crippen molar-refractivity contribution in [3.05, 3.63) is 0 Å². The Kier molecular flexibility index (Phi) is 4.59. The van der Waals surface area contributed by atoms with Gasteiger partial charge in [0.15, 0.2) is 0 Å². The summed E-state index contributed by atoms with van der Waals surface area (Å²) in [6.45, 7) is 10.2. The van der Waals surface area contributed by atoms with Gasteiger partial charge < -0.3 is 15.0 Å². The normalized spacial score (nSPS) is 12.8. The van der Waals surface area contributed by atoms with Crippen LogP contribution in [0, 0.1) is 0 Å². The fourth-order valence-corrected chi connectivity index (χ4v) is 0.761. The van der Waals surface area contributed by atoms with E-state index in [0.717, 1.165) is 0 Å². The molecule has 0 bridgehead atoms. The number of nitrogens with zero attached hydrogens (tertiary/aromatic N) is 1. The predicted molar refractivity (Wildman–Crippen MR) is 62.0 cm³/mol. The molecule has 0 aromatic rings. The molecule has 0 aliphatic carbocycles. The van der Waals surface area contributed by atoms with Crippen LogP contribution >= 0.6 is 0 Å². The second-order valence-corrected chi connectivity index (χ2v) is 5.56. The maximum absolute atomic E-state index is 11.4. The van der Waals surface area contributed by atoms with Gasteiger partial charge in [0, 0.05) is 12.1 Å². The van der Waals surface area contributed by atoms with Crippen molar-refractivity contribution in [3.63, 3.8) is 0 Å². The topological polar surface area (TPSA) is 41.6 Å². The van der Waals surface area contributed by atoms with Crippen LogP contribution in [-0.2, 0) is 4.74 Å². The molecule has 90 valence electrons. The molecule has 0 saturated carbocycles. The largest absolute Gasteiger partial charge is 0.444 e. The fourth-order valence-electron chi connectivity index (χ4n) is 0.761. The number of ether oxygens (including phenoxy) is 1. The van der Waals surface area contributed by atoms with Crippen molar-refractivity contribution in [2.24, 2.45) is 0 Å². The van der Waals surface area contributed by atoms with Gasteiger partial charge in [-0.15, -0.1) is 0 Å². The van der Waals surface area contributed by atoms with Gasteiger partial charge in [-0.3, -0.25) is 0 Å². The van der Waals surface area contributed by atoms with Gasteiger partial charge in [0.25, 0.3) is 0 Å². The van der Waals surface area contributed by atoms with Crippen LogP contribution in [0.4, 0.5) is 4.79 Å². The fraction of sp³-hybridized carbons (Fsp3) is 0.909. The summed E-state index contributed by atoms with van der Waals surface area (Å²) in [5.41, 5.74) is -0.511. The molecule has 15 heavy (non-hydrogen) atoms. The van der Waals surface area contributed by atoms with Gasteiger partial charge in [-0.1, -0.05) is 0 Å². The molecule has 0 saturated heterocycles. The van der Waals surface area contributed by atoms with Gasteiger partial charge in [-0.2, -0.15) is 0 Å². The van der Waals surface area contributed by atoms with Crippen LogP contribution in [0.2, 0.25) is 0 Å². The number of rotatable bonds is 3. The molecule has 0 fully saturated rings. The number of alkyl carbamates (subject to hydrolysis) is 1. The second kappa shape index (κ2) is 4.84.